The lowest BCUT2D eigenvalue weighted by Crippen LogP contribution is -2.43. The number of aliphatic hydroxyl groups is 1. The molecule has 32 heavy (non-hydrogen) atoms. The van der Waals surface area contributed by atoms with Gasteiger partial charge in [-0.1, -0.05) is 0 Å². The number of β-amino-alcohol motifs (C(OH)–C–C–N with tert-alkyl or cyclic N) is 1. The third-order valence-electron chi connectivity index (χ3n) is 6.63. The van der Waals surface area contributed by atoms with Gasteiger partial charge < -0.3 is 20.7 Å². The SMILES string of the molecule is O=C(NCC1CC(c2c(-c3ccc(F)cc3)[nH]c3c(F)cc(F)cc23)C1)C1CC(O)CN1. The number of halogens is 3. The van der Waals surface area contributed by atoms with Gasteiger partial charge in [-0.05, 0) is 72.6 Å². The first-order chi connectivity index (χ1) is 15.4. The molecule has 2 heterocycles. The highest BCUT2D eigenvalue weighted by molar-refractivity contribution is 5.92. The molecule has 8 heteroatoms. The number of aliphatic hydroxyl groups excluding tert-OH is 1. The highest BCUT2D eigenvalue weighted by Crippen LogP contribution is 2.48. The van der Waals surface area contributed by atoms with Gasteiger partial charge in [0.15, 0.2) is 0 Å². The zero-order valence-electron chi connectivity index (χ0n) is 17.3. The first-order valence-electron chi connectivity index (χ1n) is 10.8. The Balaban J connectivity index is 1.35. The van der Waals surface area contributed by atoms with Crippen molar-refractivity contribution in [1.29, 1.82) is 0 Å². The van der Waals surface area contributed by atoms with Crippen molar-refractivity contribution in [3.05, 3.63) is 59.4 Å². The molecule has 1 amide bonds. The highest BCUT2D eigenvalue weighted by atomic mass is 19.1. The van der Waals surface area contributed by atoms with Crippen molar-refractivity contribution in [2.45, 2.75) is 37.3 Å². The van der Waals surface area contributed by atoms with Gasteiger partial charge in [0.2, 0.25) is 5.91 Å². The van der Waals surface area contributed by atoms with Crippen molar-refractivity contribution in [3.8, 4) is 11.3 Å². The molecule has 168 valence electrons. The van der Waals surface area contributed by atoms with E-state index in [0.717, 1.165) is 24.5 Å². The third kappa shape index (κ3) is 3.89. The number of H-pyrrole nitrogens is 1. The zero-order chi connectivity index (χ0) is 22.4. The lowest BCUT2D eigenvalue weighted by atomic mass is 9.70. The van der Waals surface area contributed by atoms with E-state index >= 15 is 0 Å². The van der Waals surface area contributed by atoms with Crippen molar-refractivity contribution in [3.63, 3.8) is 0 Å². The second kappa shape index (κ2) is 8.26. The summed E-state index contributed by atoms with van der Waals surface area (Å²) in [5.41, 5.74) is 2.44. The topological polar surface area (TPSA) is 77.2 Å². The smallest absolute Gasteiger partial charge is 0.237 e. The van der Waals surface area contributed by atoms with Crippen LogP contribution in [0.15, 0.2) is 36.4 Å². The molecule has 3 aromatic rings. The summed E-state index contributed by atoms with van der Waals surface area (Å²) in [6.07, 6.45) is 1.44. The van der Waals surface area contributed by atoms with Gasteiger partial charge in [0.05, 0.1) is 23.4 Å². The molecule has 1 aliphatic carbocycles. The van der Waals surface area contributed by atoms with Crippen LogP contribution in [0.2, 0.25) is 0 Å². The number of aromatic amines is 1. The maximum atomic E-state index is 14.5. The van der Waals surface area contributed by atoms with Gasteiger partial charge in [0.25, 0.3) is 0 Å². The number of hydrogen-bond acceptors (Lipinski definition) is 3. The first-order valence-corrected chi connectivity index (χ1v) is 10.8. The van der Waals surface area contributed by atoms with Crippen LogP contribution in [0.4, 0.5) is 13.2 Å². The third-order valence-corrected chi connectivity index (χ3v) is 6.63. The van der Waals surface area contributed by atoms with Crippen LogP contribution in [-0.4, -0.2) is 41.2 Å². The molecule has 1 saturated heterocycles. The van der Waals surface area contributed by atoms with Crippen LogP contribution in [0, 0.1) is 23.4 Å². The van der Waals surface area contributed by atoms with Crippen molar-refractivity contribution < 1.29 is 23.1 Å². The second-order valence-corrected chi connectivity index (χ2v) is 8.86. The highest BCUT2D eigenvalue weighted by Gasteiger charge is 2.35. The van der Waals surface area contributed by atoms with Gasteiger partial charge in [-0.2, -0.15) is 0 Å². The van der Waals surface area contributed by atoms with Gasteiger partial charge in [0, 0.05) is 24.5 Å². The minimum absolute atomic E-state index is 0.0679. The van der Waals surface area contributed by atoms with E-state index in [4.69, 9.17) is 0 Å². The Morgan fingerprint density at radius 1 is 1.06 bits per heavy atom. The maximum absolute atomic E-state index is 14.5. The number of rotatable bonds is 5. The number of carbonyl (C=O) groups is 1. The van der Waals surface area contributed by atoms with Crippen molar-refractivity contribution >= 4 is 16.8 Å². The van der Waals surface area contributed by atoms with E-state index in [0.29, 0.717) is 36.2 Å². The standard InChI is InChI=1S/C24H24F3N3O2/c25-15-3-1-13(2-4-15)22-21(18-7-16(26)8-19(27)23(18)30-22)14-5-12(6-14)10-29-24(32)20-9-17(31)11-28-20/h1-4,7-8,12,14,17,20,28,30-31H,5-6,9-11H2,(H,29,32). The van der Waals surface area contributed by atoms with E-state index in [1.54, 1.807) is 12.1 Å². The number of fused-ring (bicyclic) bond motifs is 1. The summed E-state index contributed by atoms with van der Waals surface area (Å²) in [5, 5.41) is 16.0. The Hall–Kier alpha value is -2.84. The summed E-state index contributed by atoms with van der Waals surface area (Å²) in [4.78, 5) is 15.3. The first kappa shape index (κ1) is 21.0. The summed E-state index contributed by atoms with van der Waals surface area (Å²) in [6, 6.07) is 7.75. The number of aromatic nitrogens is 1. The molecule has 2 fully saturated rings. The molecule has 2 unspecified atom stereocenters. The fourth-order valence-electron chi connectivity index (χ4n) is 4.93. The number of nitrogens with one attached hydrogen (secondary N) is 3. The average Bonchev–Trinajstić information content (AvgIpc) is 3.32. The Morgan fingerprint density at radius 2 is 1.81 bits per heavy atom. The quantitative estimate of drug-likeness (QED) is 0.487. The van der Waals surface area contributed by atoms with Crippen LogP contribution in [0.1, 0.15) is 30.7 Å². The molecule has 4 N–H and O–H groups in total. The predicted molar refractivity (Wildman–Crippen MR) is 114 cm³/mol. The molecule has 1 aliphatic heterocycles. The molecule has 1 aromatic heterocycles. The van der Waals surface area contributed by atoms with E-state index in [1.165, 1.54) is 18.2 Å². The van der Waals surface area contributed by atoms with E-state index in [2.05, 4.69) is 15.6 Å². The van der Waals surface area contributed by atoms with Crippen molar-refractivity contribution in [2.24, 2.45) is 5.92 Å². The number of carbonyl (C=O) groups excluding carboxylic acids is 1. The Bertz CT molecular complexity index is 1160. The molecular weight excluding hydrogens is 419 g/mol. The molecule has 5 nitrogen and oxygen atoms in total. The van der Waals surface area contributed by atoms with Crippen LogP contribution in [0.25, 0.3) is 22.2 Å². The van der Waals surface area contributed by atoms with E-state index in [-0.39, 0.29) is 35.1 Å². The minimum atomic E-state index is -0.663. The Labute approximate surface area is 183 Å². The summed E-state index contributed by atoms with van der Waals surface area (Å²) in [6.45, 7) is 0.935. The van der Waals surface area contributed by atoms with Gasteiger partial charge in [-0.3, -0.25) is 4.79 Å². The summed E-state index contributed by atoms with van der Waals surface area (Å²) >= 11 is 0. The number of hydrogen-bond donors (Lipinski definition) is 4. The Kier molecular flexibility index (Phi) is 5.43. The van der Waals surface area contributed by atoms with Crippen molar-refractivity contribution in [2.75, 3.05) is 13.1 Å². The lowest BCUT2D eigenvalue weighted by Gasteiger charge is -2.36. The fraction of sp³-hybridized carbons (Fsp3) is 0.375. The fourth-order valence-corrected chi connectivity index (χ4v) is 4.93. The van der Waals surface area contributed by atoms with Gasteiger partial charge >= 0.3 is 0 Å². The normalized spacial score (nSPS) is 25.1. The van der Waals surface area contributed by atoms with Crippen LogP contribution < -0.4 is 10.6 Å². The molecule has 2 aliphatic rings. The largest absolute Gasteiger partial charge is 0.392 e. The van der Waals surface area contributed by atoms with Crippen molar-refractivity contribution in [1.82, 2.24) is 15.6 Å². The van der Waals surface area contributed by atoms with Gasteiger partial charge in [-0.15, -0.1) is 0 Å². The molecular formula is C24H24F3N3O2. The molecule has 5 rings (SSSR count). The molecule has 0 bridgehead atoms. The summed E-state index contributed by atoms with van der Waals surface area (Å²) in [7, 11) is 0. The van der Waals surface area contributed by atoms with E-state index < -0.39 is 17.7 Å². The number of benzene rings is 2. The van der Waals surface area contributed by atoms with Crippen LogP contribution in [0.3, 0.4) is 0 Å². The second-order valence-electron chi connectivity index (χ2n) is 8.86. The maximum Gasteiger partial charge on any atom is 0.237 e. The average molecular weight is 443 g/mol. The number of amides is 1. The monoisotopic (exact) mass is 443 g/mol. The van der Waals surface area contributed by atoms with Gasteiger partial charge in [-0.25, -0.2) is 13.2 Å². The molecule has 0 radical (unpaired) electrons. The van der Waals surface area contributed by atoms with E-state index in [1.807, 2.05) is 0 Å². The Morgan fingerprint density at radius 3 is 2.50 bits per heavy atom. The molecule has 1 saturated carbocycles. The molecule has 0 spiro atoms. The predicted octanol–water partition coefficient (Wildman–Crippen LogP) is 3.58. The van der Waals surface area contributed by atoms with Gasteiger partial charge in [0.1, 0.15) is 17.5 Å². The minimum Gasteiger partial charge on any atom is -0.392 e. The van der Waals surface area contributed by atoms with Crippen LogP contribution in [0.5, 0.6) is 0 Å². The van der Waals surface area contributed by atoms with E-state index in [9.17, 15) is 23.1 Å². The zero-order valence-corrected chi connectivity index (χ0v) is 17.3. The van der Waals surface area contributed by atoms with Crippen LogP contribution >= 0.6 is 0 Å². The lowest BCUT2D eigenvalue weighted by molar-refractivity contribution is -0.123. The molecule has 2 atom stereocenters. The van der Waals surface area contributed by atoms with Crippen LogP contribution in [-0.2, 0) is 4.79 Å². The molecule has 2 aromatic carbocycles. The summed E-state index contributed by atoms with van der Waals surface area (Å²) in [5.74, 6) is -1.47. The summed E-state index contributed by atoms with van der Waals surface area (Å²) < 4.78 is 41.9.